The summed E-state index contributed by atoms with van der Waals surface area (Å²) in [5.74, 6) is 1.20. The molecule has 0 aliphatic carbocycles. The number of halogens is 1. The van der Waals surface area contributed by atoms with Crippen molar-refractivity contribution < 1.29 is 9.21 Å². The minimum atomic E-state index is -0.273. The molecule has 0 saturated carbocycles. The van der Waals surface area contributed by atoms with Crippen LogP contribution in [-0.4, -0.2) is 17.9 Å². The van der Waals surface area contributed by atoms with Gasteiger partial charge < -0.3 is 20.8 Å². The number of anilines is 1. The van der Waals surface area contributed by atoms with Crippen LogP contribution in [0.2, 0.25) is 0 Å². The number of furan rings is 1. The van der Waals surface area contributed by atoms with Crippen LogP contribution in [0.4, 0.5) is 5.69 Å². The normalized spacial score (nSPS) is 12.4. The molecule has 1 aromatic heterocycles. The standard InChI is InChI=1S/C21H30N4O2.HI/c1-15(2)6-4-7-16(3)24-21(22)23-14-17-9-11-18(12-10-17)25-20(26)19-8-5-13-27-19;/h5,8-13,15-16H,4,6-7,14H2,1-3H3,(H,25,26)(H3,22,23,24);1H. The second-order valence-corrected chi connectivity index (χ2v) is 7.20. The predicted octanol–water partition coefficient (Wildman–Crippen LogP) is 4.77. The maximum absolute atomic E-state index is 11.9. The lowest BCUT2D eigenvalue weighted by Gasteiger charge is -2.15. The quantitative estimate of drug-likeness (QED) is 0.264. The molecular formula is C21H31IN4O2. The van der Waals surface area contributed by atoms with Gasteiger partial charge in [0.05, 0.1) is 12.8 Å². The Labute approximate surface area is 184 Å². The summed E-state index contributed by atoms with van der Waals surface area (Å²) in [7, 11) is 0. The molecule has 2 rings (SSSR count). The topological polar surface area (TPSA) is 92.6 Å². The first-order valence-corrected chi connectivity index (χ1v) is 9.44. The van der Waals surface area contributed by atoms with Gasteiger partial charge in [-0.3, -0.25) is 4.79 Å². The van der Waals surface area contributed by atoms with Crippen molar-refractivity contribution in [3.8, 4) is 0 Å². The zero-order valence-corrected chi connectivity index (χ0v) is 19.1. The van der Waals surface area contributed by atoms with E-state index in [4.69, 9.17) is 10.2 Å². The molecule has 0 fully saturated rings. The second kappa shape index (κ2) is 12.4. The summed E-state index contributed by atoms with van der Waals surface area (Å²) in [6, 6.07) is 11.1. The van der Waals surface area contributed by atoms with Crippen molar-refractivity contribution in [1.82, 2.24) is 5.32 Å². The first kappa shape index (κ1) is 24.0. The molecular weight excluding hydrogens is 467 g/mol. The second-order valence-electron chi connectivity index (χ2n) is 7.20. The van der Waals surface area contributed by atoms with Gasteiger partial charge in [-0.15, -0.1) is 24.0 Å². The lowest BCUT2D eigenvalue weighted by atomic mass is 10.0. The molecule has 7 heteroatoms. The molecule has 1 aromatic carbocycles. The molecule has 0 aliphatic heterocycles. The smallest absolute Gasteiger partial charge is 0.291 e. The van der Waals surface area contributed by atoms with Crippen LogP contribution >= 0.6 is 24.0 Å². The molecule has 6 nitrogen and oxygen atoms in total. The van der Waals surface area contributed by atoms with Gasteiger partial charge in [-0.2, -0.15) is 0 Å². The van der Waals surface area contributed by atoms with Crippen LogP contribution in [-0.2, 0) is 6.54 Å². The number of rotatable bonds is 9. The van der Waals surface area contributed by atoms with Crippen molar-refractivity contribution in [3.05, 3.63) is 54.0 Å². The monoisotopic (exact) mass is 498 g/mol. The maximum atomic E-state index is 11.9. The van der Waals surface area contributed by atoms with Crippen molar-refractivity contribution >= 4 is 41.5 Å². The molecule has 0 spiro atoms. The molecule has 0 aliphatic rings. The highest BCUT2D eigenvalue weighted by molar-refractivity contribution is 14.0. The summed E-state index contributed by atoms with van der Waals surface area (Å²) in [4.78, 5) is 16.3. The Morgan fingerprint density at radius 1 is 1.14 bits per heavy atom. The van der Waals surface area contributed by atoms with Gasteiger partial charge in [-0.25, -0.2) is 4.99 Å². The molecule has 154 valence electrons. The van der Waals surface area contributed by atoms with Crippen molar-refractivity contribution in [2.24, 2.45) is 16.6 Å². The number of carbonyl (C=O) groups is 1. The van der Waals surface area contributed by atoms with Gasteiger partial charge in [0.1, 0.15) is 0 Å². The van der Waals surface area contributed by atoms with E-state index in [0.29, 0.717) is 24.2 Å². The lowest BCUT2D eigenvalue weighted by Crippen LogP contribution is -2.38. The molecule has 28 heavy (non-hydrogen) atoms. The molecule has 2 aromatic rings. The zero-order valence-electron chi connectivity index (χ0n) is 16.8. The third-order valence-electron chi connectivity index (χ3n) is 4.20. The lowest BCUT2D eigenvalue weighted by molar-refractivity contribution is 0.0996. The molecule has 0 radical (unpaired) electrons. The Morgan fingerprint density at radius 3 is 2.46 bits per heavy atom. The first-order valence-electron chi connectivity index (χ1n) is 9.44. The van der Waals surface area contributed by atoms with E-state index < -0.39 is 0 Å². The van der Waals surface area contributed by atoms with Gasteiger partial charge in [0, 0.05) is 11.7 Å². The van der Waals surface area contributed by atoms with Gasteiger partial charge in [0.2, 0.25) is 0 Å². The highest BCUT2D eigenvalue weighted by Crippen LogP contribution is 2.12. The third kappa shape index (κ3) is 8.77. The van der Waals surface area contributed by atoms with E-state index in [-0.39, 0.29) is 35.6 Å². The van der Waals surface area contributed by atoms with Crippen LogP contribution in [0.3, 0.4) is 0 Å². The van der Waals surface area contributed by atoms with E-state index in [1.54, 1.807) is 12.1 Å². The fourth-order valence-electron chi connectivity index (χ4n) is 2.67. The Hall–Kier alpha value is -2.03. The van der Waals surface area contributed by atoms with Crippen LogP contribution in [0.15, 0.2) is 52.1 Å². The first-order chi connectivity index (χ1) is 12.9. The number of nitrogens with one attached hydrogen (secondary N) is 2. The van der Waals surface area contributed by atoms with Crippen LogP contribution in [0.5, 0.6) is 0 Å². The molecule has 0 bridgehead atoms. The minimum absolute atomic E-state index is 0. The predicted molar refractivity (Wildman–Crippen MR) is 125 cm³/mol. The van der Waals surface area contributed by atoms with Gasteiger partial charge in [0.15, 0.2) is 11.7 Å². The average Bonchev–Trinajstić information content (AvgIpc) is 3.15. The number of nitrogens with zero attached hydrogens (tertiary/aromatic N) is 1. The average molecular weight is 498 g/mol. The van der Waals surface area contributed by atoms with E-state index in [0.717, 1.165) is 17.9 Å². The minimum Gasteiger partial charge on any atom is -0.459 e. The molecule has 1 heterocycles. The highest BCUT2D eigenvalue weighted by atomic mass is 127. The van der Waals surface area contributed by atoms with Crippen LogP contribution < -0.4 is 16.4 Å². The van der Waals surface area contributed by atoms with Gasteiger partial charge in [0.25, 0.3) is 5.91 Å². The van der Waals surface area contributed by atoms with E-state index in [1.807, 2.05) is 24.3 Å². The maximum Gasteiger partial charge on any atom is 0.291 e. The van der Waals surface area contributed by atoms with Crippen LogP contribution in [0.1, 0.15) is 56.2 Å². The van der Waals surface area contributed by atoms with Gasteiger partial charge >= 0.3 is 0 Å². The Bertz CT molecular complexity index is 727. The number of guanidine groups is 1. The number of amides is 1. The van der Waals surface area contributed by atoms with E-state index >= 15 is 0 Å². The molecule has 4 N–H and O–H groups in total. The van der Waals surface area contributed by atoms with Crippen molar-refractivity contribution in [2.75, 3.05) is 5.32 Å². The van der Waals surface area contributed by atoms with E-state index in [2.05, 4.69) is 36.4 Å². The Kier molecular flexibility index (Phi) is 10.7. The van der Waals surface area contributed by atoms with Crippen molar-refractivity contribution in [2.45, 2.75) is 52.6 Å². The largest absolute Gasteiger partial charge is 0.459 e. The number of carbonyl (C=O) groups excluding carboxylic acids is 1. The summed E-state index contributed by atoms with van der Waals surface area (Å²) in [6.07, 6.45) is 4.97. The van der Waals surface area contributed by atoms with Crippen molar-refractivity contribution in [1.29, 1.82) is 0 Å². The summed E-state index contributed by atoms with van der Waals surface area (Å²) < 4.78 is 5.07. The number of hydrogen-bond donors (Lipinski definition) is 3. The van der Waals surface area contributed by atoms with E-state index in [1.165, 1.54) is 19.1 Å². The molecule has 0 saturated heterocycles. The summed E-state index contributed by atoms with van der Waals surface area (Å²) in [5, 5.41) is 6.02. The summed E-state index contributed by atoms with van der Waals surface area (Å²) in [5.41, 5.74) is 7.70. The molecule has 1 atom stereocenters. The van der Waals surface area contributed by atoms with E-state index in [9.17, 15) is 4.79 Å². The number of nitrogens with two attached hydrogens (primary N) is 1. The SMILES string of the molecule is CC(C)CCCC(C)NC(N)=NCc1ccc(NC(=O)c2ccco2)cc1.I. The van der Waals surface area contributed by atoms with Gasteiger partial charge in [-0.1, -0.05) is 38.8 Å². The third-order valence-corrected chi connectivity index (χ3v) is 4.20. The summed E-state index contributed by atoms with van der Waals surface area (Å²) in [6.45, 7) is 7.09. The Morgan fingerprint density at radius 2 is 1.86 bits per heavy atom. The van der Waals surface area contributed by atoms with Crippen molar-refractivity contribution in [3.63, 3.8) is 0 Å². The van der Waals surface area contributed by atoms with Gasteiger partial charge in [-0.05, 0) is 49.1 Å². The fraction of sp³-hybridized carbons (Fsp3) is 0.429. The number of hydrogen-bond acceptors (Lipinski definition) is 3. The molecule has 1 unspecified atom stereocenters. The number of aliphatic imine (C=N–C) groups is 1. The zero-order chi connectivity index (χ0) is 19.6. The Balaban J connectivity index is 0.00000392. The highest BCUT2D eigenvalue weighted by Gasteiger charge is 2.08. The fourth-order valence-corrected chi connectivity index (χ4v) is 2.67. The van der Waals surface area contributed by atoms with Crippen LogP contribution in [0.25, 0.3) is 0 Å². The summed E-state index contributed by atoms with van der Waals surface area (Å²) >= 11 is 0. The number of benzene rings is 1. The van der Waals surface area contributed by atoms with Crippen LogP contribution in [0, 0.1) is 5.92 Å². The molecule has 1 amide bonds.